The number of carbonyl (C=O) groups excluding carboxylic acids is 1. The number of carbonyl (C=O) groups is 1. The van der Waals surface area contributed by atoms with Gasteiger partial charge >= 0.3 is 0 Å². The predicted molar refractivity (Wildman–Crippen MR) is 150 cm³/mol. The number of nitrogens with one attached hydrogen (secondary N) is 1. The van der Waals surface area contributed by atoms with E-state index in [1.807, 2.05) is 12.1 Å². The van der Waals surface area contributed by atoms with Gasteiger partial charge in [-0.25, -0.2) is 8.42 Å². The molecule has 0 atom stereocenters. The van der Waals surface area contributed by atoms with Crippen molar-refractivity contribution in [2.75, 3.05) is 31.6 Å². The van der Waals surface area contributed by atoms with E-state index in [1.54, 1.807) is 24.3 Å². The summed E-state index contributed by atoms with van der Waals surface area (Å²) in [6, 6.07) is 17.3. The van der Waals surface area contributed by atoms with Gasteiger partial charge in [-0.1, -0.05) is 56.1 Å². The Hall–Kier alpha value is -2.62. The first-order valence-electron chi connectivity index (χ1n) is 12.3. The maximum absolute atomic E-state index is 13.1. The molecule has 0 unspecified atom stereocenters. The topological polar surface area (TPSA) is 84.9 Å². The maximum Gasteiger partial charge on any atom is 0.257 e. The van der Waals surface area contributed by atoms with Crippen LogP contribution >= 0.6 is 23.2 Å². The number of halogens is 2. The Morgan fingerprint density at radius 2 is 1.55 bits per heavy atom. The lowest BCUT2D eigenvalue weighted by Crippen LogP contribution is -2.40. The number of rotatable bonds is 8. The SMILES string of the molecule is CCC(C)(C)c1ccc(Oc2ccc(NC(=O)c3cc(S(=O)(=O)N4CCOCC4)c(Cl)cc3Cl)cc2)cc1. The van der Waals surface area contributed by atoms with Crippen molar-refractivity contribution in [3.8, 4) is 11.5 Å². The van der Waals surface area contributed by atoms with Crippen molar-refractivity contribution in [2.24, 2.45) is 0 Å². The molecule has 7 nitrogen and oxygen atoms in total. The fourth-order valence-corrected chi connectivity index (χ4v) is 6.19. The van der Waals surface area contributed by atoms with Crippen molar-refractivity contribution in [1.82, 2.24) is 4.31 Å². The highest BCUT2D eigenvalue weighted by Gasteiger charge is 2.30. The normalized spacial score (nSPS) is 14.8. The molecule has 1 aliphatic heterocycles. The molecule has 1 N–H and O–H groups in total. The van der Waals surface area contributed by atoms with E-state index in [0.29, 0.717) is 30.4 Å². The van der Waals surface area contributed by atoms with E-state index in [1.165, 1.54) is 22.0 Å². The highest BCUT2D eigenvalue weighted by molar-refractivity contribution is 7.89. The monoisotopic (exact) mass is 576 g/mol. The summed E-state index contributed by atoms with van der Waals surface area (Å²) in [4.78, 5) is 12.8. The summed E-state index contributed by atoms with van der Waals surface area (Å²) in [6.45, 7) is 7.57. The lowest BCUT2D eigenvalue weighted by atomic mass is 9.82. The molecule has 0 bridgehead atoms. The smallest absolute Gasteiger partial charge is 0.257 e. The summed E-state index contributed by atoms with van der Waals surface area (Å²) in [5, 5.41) is 2.74. The molecule has 0 aromatic heterocycles. The second-order valence-electron chi connectivity index (χ2n) is 9.62. The van der Waals surface area contributed by atoms with Gasteiger partial charge in [0.1, 0.15) is 16.4 Å². The first-order chi connectivity index (χ1) is 18.0. The minimum Gasteiger partial charge on any atom is -0.457 e. The summed E-state index contributed by atoms with van der Waals surface area (Å²) < 4.78 is 38.7. The van der Waals surface area contributed by atoms with Gasteiger partial charge in [0, 0.05) is 18.8 Å². The third-order valence-corrected chi connectivity index (χ3v) is 9.40. The van der Waals surface area contributed by atoms with Gasteiger partial charge in [0.2, 0.25) is 10.0 Å². The van der Waals surface area contributed by atoms with Gasteiger partial charge in [-0.05, 0) is 65.9 Å². The molecule has 0 spiro atoms. The van der Waals surface area contributed by atoms with Crippen molar-refractivity contribution in [3.63, 3.8) is 0 Å². The van der Waals surface area contributed by atoms with Crippen molar-refractivity contribution in [1.29, 1.82) is 0 Å². The maximum atomic E-state index is 13.1. The van der Waals surface area contributed by atoms with Crippen LogP contribution in [0.2, 0.25) is 10.0 Å². The third kappa shape index (κ3) is 6.33. The van der Waals surface area contributed by atoms with Gasteiger partial charge < -0.3 is 14.8 Å². The summed E-state index contributed by atoms with van der Waals surface area (Å²) in [5.74, 6) is 0.751. The van der Waals surface area contributed by atoms with E-state index in [9.17, 15) is 13.2 Å². The number of sulfonamides is 1. The van der Waals surface area contributed by atoms with E-state index in [-0.39, 0.29) is 39.0 Å². The quantitative estimate of drug-likeness (QED) is 0.320. The Morgan fingerprint density at radius 3 is 2.13 bits per heavy atom. The van der Waals surface area contributed by atoms with Crippen LogP contribution in [0, 0.1) is 0 Å². The Bertz CT molecular complexity index is 1400. The zero-order valence-electron chi connectivity index (χ0n) is 21.5. The highest BCUT2D eigenvalue weighted by atomic mass is 35.5. The molecule has 202 valence electrons. The molecule has 3 aromatic carbocycles. The first kappa shape index (κ1) is 28.4. The number of anilines is 1. The van der Waals surface area contributed by atoms with Crippen LogP contribution in [0.25, 0.3) is 0 Å². The Morgan fingerprint density at radius 1 is 0.974 bits per heavy atom. The zero-order valence-corrected chi connectivity index (χ0v) is 23.8. The van der Waals surface area contributed by atoms with Crippen LogP contribution in [-0.2, 0) is 20.2 Å². The number of ether oxygens (including phenoxy) is 2. The zero-order chi connectivity index (χ0) is 27.5. The van der Waals surface area contributed by atoms with Crippen LogP contribution < -0.4 is 10.1 Å². The van der Waals surface area contributed by atoms with Gasteiger partial charge in [-0.2, -0.15) is 4.31 Å². The Kier molecular flexibility index (Phi) is 8.69. The molecule has 0 radical (unpaired) electrons. The molecular formula is C28H30Cl2N2O5S. The van der Waals surface area contributed by atoms with E-state index in [0.717, 1.165) is 6.42 Å². The molecule has 0 saturated carbocycles. The van der Waals surface area contributed by atoms with Crippen molar-refractivity contribution in [2.45, 2.75) is 37.5 Å². The molecule has 1 aliphatic rings. The number of hydrogen-bond donors (Lipinski definition) is 1. The predicted octanol–water partition coefficient (Wildman–Crippen LogP) is 6.75. The van der Waals surface area contributed by atoms with E-state index >= 15 is 0 Å². The van der Waals surface area contributed by atoms with Crippen LogP contribution in [0.3, 0.4) is 0 Å². The Balaban J connectivity index is 1.47. The van der Waals surface area contributed by atoms with Gasteiger partial charge in [-0.15, -0.1) is 0 Å². The standard InChI is InChI=1S/C28H30Cl2N2O5S/c1-4-28(2,3)19-5-9-21(10-6-19)37-22-11-7-20(8-12-22)31-27(33)23-17-26(25(30)18-24(23)29)38(34,35)32-13-15-36-16-14-32/h5-12,17-18H,4,13-16H2,1-3H3,(H,31,33). The molecule has 3 aromatic rings. The molecule has 1 fully saturated rings. The number of benzene rings is 3. The van der Waals surface area contributed by atoms with Gasteiger partial charge in [-0.3, -0.25) is 4.79 Å². The number of amides is 1. The van der Waals surface area contributed by atoms with Crippen molar-refractivity contribution in [3.05, 3.63) is 81.8 Å². The molecule has 1 heterocycles. The van der Waals surface area contributed by atoms with Crippen molar-refractivity contribution < 1.29 is 22.7 Å². The highest BCUT2D eigenvalue weighted by Crippen LogP contribution is 2.32. The summed E-state index contributed by atoms with van der Waals surface area (Å²) in [5.41, 5.74) is 1.83. The van der Waals surface area contributed by atoms with Crippen LogP contribution in [-0.4, -0.2) is 44.9 Å². The third-order valence-electron chi connectivity index (χ3n) is 6.72. The van der Waals surface area contributed by atoms with Crippen LogP contribution in [0.4, 0.5) is 5.69 Å². The average Bonchev–Trinajstić information content (AvgIpc) is 2.90. The summed E-state index contributed by atoms with van der Waals surface area (Å²) in [6.07, 6.45) is 1.03. The van der Waals surface area contributed by atoms with E-state index < -0.39 is 15.9 Å². The first-order valence-corrected chi connectivity index (χ1v) is 14.5. The minimum absolute atomic E-state index is 0.00155. The number of hydrogen-bond acceptors (Lipinski definition) is 5. The minimum atomic E-state index is -3.92. The Labute approximate surface area is 233 Å². The van der Waals surface area contributed by atoms with Crippen molar-refractivity contribution >= 4 is 44.8 Å². The lowest BCUT2D eigenvalue weighted by molar-refractivity contribution is 0.0730. The largest absolute Gasteiger partial charge is 0.457 e. The van der Waals surface area contributed by atoms with Gasteiger partial charge in [0.25, 0.3) is 5.91 Å². The van der Waals surface area contributed by atoms with Gasteiger partial charge in [0.15, 0.2) is 0 Å². The molecule has 4 rings (SSSR count). The van der Waals surface area contributed by atoms with E-state index in [2.05, 4.69) is 38.2 Å². The average molecular weight is 578 g/mol. The summed E-state index contributed by atoms with van der Waals surface area (Å²) in [7, 11) is -3.92. The van der Waals surface area contributed by atoms with Gasteiger partial charge in [0.05, 0.1) is 28.8 Å². The number of morpholine rings is 1. The summed E-state index contributed by atoms with van der Waals surface area (Å²) >= 11 is 12.5. The number of nitrogens with zero attached hydrogens (tertiary/aromatic N) is 1. The van der Waals surface area contributed by atoms with Crippen LogP contribution in [0.15, 0.2) is 65.6 Å². The molecule has 38 heavy (non-hydrogen) atoms. The van der Waals surface area contributed by atoms with E-state index in [4.69, 9.17) is 32.7 Å². The molecule has 0 aliphatic carbocycles. The molecule has 1 amide bonds. The van der Waals surface area contributed by atoms with Crippen LogP contribution in [0.5, 0.6) is 11.5 Å². The fourth-order valence-electron chi connectivity index (χ4n) is 3.95. The fraction of sp³-hybridized carbons (Fsp3) is 0.321. The van der Waals surface area contributed by atoms with Crippen LogP contribution in [0.1, 0.15) is 43.1 Å². The second-order valence-corrected chi connectivity index (χ2v) is 12.3. The molecule has 1 saturated heterocycles. The molecule has 10 heteroatoms. The molecular weight excluding hydrogens is 547 g/mol. The second kappa shape index (κ2) is 11.6. The lowest BCUT2D eigenvalue weighted by Gasteiger charge is -2.26.